The summed E-state index contributed by atoms with van der Waals surface area (Å²) in [5.41, 5.74) is 4.20. The molecule has 2 aromatic carbocycles. The Bertz CT molecular complexity index is 1240. The summed E-state index contributed by atoms with van der Waals surface area (Å²) in [6.45, 7) is 1.96. The average Bonchev–Trinajstić information content (AvgIpc) is 3.12. The van der Waals surface area contributed by atoms with Gasteiger partial charge in [0.1, 0.15) is 0 Å². The van der Waals surface area contributed by atoms with Gasteiger partial charge in [-0.25, -0.2) is 18.4 Å². The lowest BCUT2D eigenvalue weighted by atomic mass is 9.78. The molecule has 0 spiro atoms. The molecule has 2 aromatic heterocycles. The molecule has 0 bridgehead atoms. The standard InChI is InChI=1S/C20H18BN4O2S/c1-21-18-12-22-20-19(23-15-8-10-16(11-9-15)28(2,26)27)24-17(13-25(18)20)14-6-4-3-5-7-14/h3-13H,1-2H3,(H,23,24). The molecule has 0 fully saturated rings. The Hall–Kier alpha value is -3.13. The fourth-order valence-corrected chi connectivity index (χ4v) is 3.60. The van der Waals surface area contributed by atoms with Crippen LogP contribution in [0.2, 0.25) is 6.82 Å². The van der Waals surface area contributed by atoms with Crippen LogP contribution in [0.3, 0.4) is 0 Å². The molecule has 4 aromatic rings. The summed E-state index contributed by atoms with van der Waals surface area (Å²) in [6, 6.07) is 16.5. The summed E-state index contributed by atoms with van der Waals surface area (Å²) < 4.78 is 25.3. The second-order valence-corrected chi connectivity index (χ2v) is 8.44. The van der Waals surface area contributed by atoms with Gasteiger partial charge in [0.05, 0.1) is 10.6 Å². The number of benzene rings is 2. The van der Waals surface area contributed by atoms with Crippen LogP contribution in [0.4, 0.5) is 11.5 Å². The van der Waals surface area contributed by atoms with E-state index in [4.69, 9.17) is 4.98 Å². The van der Waals surface area contributed by atoms with E-state index in [2.05, 4.69) is 10.3 Å². The van der Waals surface area contributed by atoms with Crippen LogP contribution in [0.15, 0.2) is 71.9 Å². The highest BCUT2D eigenvalue weighted by Gasteiger charge is 2.13. The molecule has 0 amide bonds. The van der Waals surface area contributed by atoms with Crippen LogP contribution in [-0.2, 0) is 9.84 Å². The molecule has 8 heteroatoms. The Balaban J connectivity index is 1.80. The Labute approximate surface area is 164 Å². The molecule has 0 aliphatic heterocycles. The third-order valence-electron chi connectivity index (χ3n) is 4.43. The van der Waals surface area contributed by atoms with E-state index in [9.17, 15) is 8.42 Å². The molecule has 139 valence electrons. The normalized spacial score (nSPS) is 11.5. The van der Waals surface area contributed by atoms with Crippen molar-refractivity contribution in [2.24, 2.45) is 0 Å². The van der Waals surface area contributed by atoms with Crippen LogP contribution in [0, 0.1) is 0 Å². The average molecular weight is 389 g/mol. The molecule has 0 unspecified atom stereocenters. The largest absolute Gasteiger partial charge is 0.337 e. The molecule has 1 radical (unpaired) electrons. The lowest BCUT2D eigenvalue weighted by Gasteiger charge is -2.11. The molecule has 2 heterocycles. The minimum atomic E-state index is -3.23. The van der Waals surface area contributed by atoms with Gasteiger partial charge in [-0.3, -0.25) is 0 Å². The Morgan fingerprint density at radius 1 is 1.04 bits per heavy atom. The highest BCUT2D eigenvalue weighted by atomic mass is 32.2. The maximum atomic E-state index is 11.7. The minimum absolute atomic E-state index is 0.276. The Morgan fingerprint density at radius 2 is 1.75 bits per heavy atom. The number of anilines is 2. The van der Waals surface area contributed by atoms with E-state index < -0.39 is 9.84 Å². The molecular formula is C20H18BN4O2S. The maximum Gasteiger partial charge on any atom is 0.179 e. The van der Waals surface area contributed by atoms with E-state index in [0.29, 0.717) is 11.5 Å². The fourth-order valence-electron chi connectivity index (χ4n) is 2.97. The fraction of sp³-hybridized carbons (Fsp3) is 0.100. The second-order valence-electron chi connectivity index (χ2n) is 6.43. The van der Waals surface area contributed by atoms with Crippen LogP contribution < -0.4 is 10.9 Å². The van der Waals surface area contributed by atoms with Gasteiger partial charge in [0.15, 0.2) is 28.6 Å². The number of rotatable bonds is 5. The molecule has 0 saturated carbocycles. The molecule has 0 aliphatic rings. The van der Waals surface area contributed by atoms with E-state index in [1.807, 2.05) is 55.0 Å². The van der Waals surface area contributed by atoms with E-state index in [1.165, 1.54) is 6.26 Å². The predicted octanol–water partition coefficient (Wildman–Crippen LogP) is 2.92. The molecule has 1 N–H and O–H groups in total. The molecule has 28 heavy (non-hydrogen) atoms. The van der Waals surface area contributed by atoms with Gasteiger partial charge in [-0.15, -0.1) is 0 Å². The number of nitrogens with zero attached hydrogens (tertiary/aromatic N) is 3. The SMILES string of the molecule is C[B]c1cnc2c(Nc3ccc(S(C)(=O)=O)cc3)nc(-c3ccccc3)cn12. The highest BCUT2D eigenvalue weighted by molar-refractivity contribution is 7.90. The first kappa shape index (κ1) is 18.2. The number of sulfone groups is 1. The third kappa shape index (κ3) is 3.51. The predicted molar refractivity (Wildman–Crippen MR) is 113 cm³/mol. The van der Waals surface area contributed by atoms with Gasteiger partial charge in [-0.2, -0.15) is 0 Å². The summed E-state index contributed by atoms with van der Waals surface area (Å²) >= 11 is 0. The van der Waals surface area contributed by atoms with Crippen molar-refractivity contribution in [1.29, 1.82) is 0 Å². The molecular weight excluding hydrogens is 371 g/mol. The third-order valence-corrected chi connectivity index (χ3v) is 5.56. The minimum Gasteiger partial charge on any atom is -0.337 e. The van der Waals surface area contributed by atoms with Crippen molar-refractivity contribution < 1.29 is 8.42 Å². The van der Waals surface area contributed by atoms with Crippen molar-refractivity contribution in [3.8, 4) is 11.3 Å². The summed E-state index contributed by atoms with van der Waals surface area (Å²) in [5.74, 6) is 0.599. The number of fused-ring (bicyclic) bond motifs is 1. The van der Waals surface area contributed by atoms with Gasteiger partial charge < -0.3 is 9.72 Å². The maximum absolute atomic E-state index is 11.7. The van der Waals surface area contributed by atoms with E-state index in [-0.39, 0.29) is 4.90 Å². The topological polar surface area (TPSA) is 76.4 Å². The Morgan fingerprint density at radius 3 is 2.39 bits per heavy atom. The second kappa shape index (κ2) is 7.12. The molecule has 0 aliphatic carbocycles. The van der Waals surface area contributed by atoms with E-state index in [1.54, 1.807) is 30.5 Å². The van der Waals surface area contributed by atoms with Gasteiger partial charge in [0.2, 0.25) is 0 Å². The van der Waals surface area contributed by atoms with Crippen molar-refractivity contribution in [2.75, 3.05) is 11.6 Å². The van der Waals surface area contributed by atoms with Crippen molar-refractivity contribution in [3.63, 3.8) is 0 Å². The van der Waals surface area contributed by atoms with Crippen molar-refractivity contribution >= 4 is 39.9 Å². The van der Waals surface area contributed by atoms with Gasteiger partial charge >= 0.3 is 0 Å². The van der Waals surface area contributed by atoms with Crippen LogP contribution in [0.5, 0.6) is 0 Å². The van der Waals surface area contributed by atoms with Crippen LogP contribution in [0.25, 0.3) is 16.9 Å². The molecule has 4 rings (SSSR count). The molecule has 0 atom stereocenters. The van der Waals surface area contributed by atoms with Crippen molar-refractivity contribution in [2.45, 2.75) is 11.7 Å². The molecule has 0 saturated heterocycles. The van der Waals surface area contributed by atoms with Gasteiger partial charge in [-0.05, 0) is 29.9 Å². The smallest absolute Gasteiger partial charge is 0.179 e. The highest BCUT2D eigenvalue weighted by Crippen LogP contribution is 2.24. The number of hydrogen-bond acceptors (Lipinski definition) is 5. The number of hydrogen-bond donors (Lipinski definition) is 1. The first-order valence-corrected chi connectivity index (χ1v) is 10.6. The summed E-state index contributed by atoms with van der Waals surface area (Å²) in [4.78, 5) is 9.52. The van der Waals surface area contributed by atoms with Crippen molar-refractivity contribution in [1.82, 2.24) is 14.4 Å². The zero-order valence-corrected chi connectivity index (χ0v) is 16.3. The van der Waals surface area contributed by atoms with Gasteiger partial charge in [0.25, 0.3) is 0 Å². The van der Waals surface area contributed by atoms with E-state index in [0.717, 1.165) is 22.5 Å². The quantitative estimate of drug-likeness (QED) is 0.531. The zero-order chi connectivity index (χ0) is 19.7. The molecule has 6 nitrogen and oxygen atoms in total. The van der Waals surface area contributed by atoms with Crippen LogP contribution in [-0.4, -0.2) is 36.3 Å². The number of imidazole rings is 1. The van der Waals surface area contributed by atoms with Gasteiger partial charge in [0, 0.05) is 29.9 Å². The first-order chi connectivity index (χ1) is 13.5. The lowest BCUT2D eigenvalue weighted by Crippen LogP contribution is -2.17. The number of nitrogens with one attached hydrogen (secondary N) is 1. The zero-order valence-electron chi connectivity index (χ0n) is 15.5. The van der Waals surface area contributed by atoms with Crippen molar-refractivity contribution in [3.05, 3.63) is 67.0 Å². The summed E-state index contributed by atoms with van der Waals surface area (Å²) in [7, 11) is -1.25. The number of aromatic nitrogens is 3. The van der Waals surface area contributed by atoms with Crippen LogP contribution in [0.1, 0.15) is 0 Å². The monoisotopic (exact) mass is 389 g/mol. The first-order valence-electron chi connectivity index (χ1n) is 8.76. The van der Waals surface area contributed by atoms with E-state index >= 15 is 0 Å². The lowest BCUT2D eigenvalue weighted by molar-refractivity contribution is 0.602. The van der Waals surface area contributed by atoms with Crippen LogP contribution >= 0.6 is 0 Å². The van der Waals surface area contributed by atoms with Gasteiger partial charge in [-0.1, -0.05) is 37.2 Å². The summed E-state index contributed by atoms with van der Waals surface area (Å²) in [6.07, 6.45) is 4.95. The Kier molecular flexibility index (Phi) is 4.64. The summed E-state index contributed by atoms with van der Waals surface area (Å²) in [5, 5.41) is 3.27.